The summed E-state index contributed by atoms with van der Waals surface area (Å²) < 4.78 is 27.6. The monoisotopic (exact) mass is 383 g/mol. The number of halogens is 2. The van der Waals surface area contributed by atoms with E-state index in [1.165, 1.54) is 6.20 Å². The van der Waals surface area contributed by atoms with E-state index in [1.807, 2.05) is 12.1 Å². The second-order valence-electron chi connectivity index (χ2n) is 6.78. The summed E-state index contributed by atoms with van der Waals surface area (Å²) in [5, 5.41) is 2.76. The van der Waals surface area contributed by atoms with Gasteiger partial charge in [0, 0.05) is 32.1 Å². The number of nitrogens with one attached hydrogen (secondary N) is 1. The fourth-order valence-corrected chi connectivity index (χ4v) is 3.27. The summed E-state index contributed by atoms with van der Waals surface area (Å²) >= 11 is 0. The van der Waals surface area contributed by atoms with Crippen molar-refractivity contribution in [2.75, 3.05) is 23.3 Å². The van der Waals surface area contributed by atoms with Crippen LogP contribution in [-0.2, 0) is 0 Å². The molecule has 1 fully saturated rings. The van der Waals surface area contributed by atoms with Crippen LogP contribution in [0.15, 0.2) is 48.8 Å². The van der Waals surface area contributed by atoms with Crippen LogP contribution in [0.1, 0.15) is 29.8 Å². The summed E-state index contributed by atoms with van der Waals surface area (Å²) in [6.07, 6.45) is 3.02. The molecule has 1 aliphatic heterocycles. The van der Waals surface area contributed by atoms with Crippen molar-refractivity contribution in [2.45, 2.75) is 25.2 Å². The van der Waals surface area contributed by atoms with Crippen molar-refractivity contribution in [3.05, 3.63) is 54.5 Å². The summed E-state index contributed by atoms with van der Waals surface area (Å²) in [4.78, 5) is 27.7. The minimum atomic E-state index is -2.70. The van der Waals surface area contributed by atoms with Crippen molar-refractivity contribution in [1.82, 2.24) is 15.0 Å². The molecule has 144 valence electrons. The molecule has 3 heterocycles. The Bertz CT molecular complexity index is 996. The molecule has 1 N–H and O–H groups in total. The maximum atomic E-state index is 13.8. The maximum Gasteiger partial charge on any atom is 0.278 e. The van der Waals surface area contributed by atoms with Crippen molar-refractivity contribution < 1.29 is 13.6 Å². The van der Waals surface area contributed by atoms with E-state index in [9.17, 15) is 13.6 Å². The molecule has 1 aliphatic rings. The zero-order chi connectivity index (χ0) is 19.6. The van der Waals surface area contributed by atoms with Crippen LogP contribution >= 0.6 is 0 Å². The number of rotatable bonds is 3. The maximum absolute atomic E-state index is 13.8. The van der Waals surface area contributed by atoms with Crippen molar-refractivity contribution in [3.63, 3.8) is 0 Å². The minimum Gasteiger partial charge on any atom is -0.354 e. The van der Waals surface area contributed by atoms with Crippen LogP contribution in [0.2, 0.25) is 0 Å². The molecule has 0 aliphatic carbocycles. The number of hydrogen-bond acceptors (Lipinski definition) is 5. The van der Waals surface area contributed by atoms with E-state index in [-0.39, 0.29) is 25.1 Å². The third kappa shape index (κ3) is 3.90. The lowest BCUT2D eigenvalue weighted by Crippen LogP contribution is -2.30. The van der Waals surface area contributed by atoms with E-state index < -0.39 is 11.8 Å². The Morgan fingerprint density at radius 2 is 1.82 bits per heavy atom. The highest BCUT2D eigenvalue weighted by Gasteiger charge is 2.33. The largest absolute Gasteiger partial charge is 0.354 e. The second-order valence-corrected chi connectivity index (χ2v) is 6.78. The molecule has 4 rings (SSSR count). The Morgan fingerprint density at radius 1 is 1.04 bits per heavy atom. The number of aromatic nitrogens is 3. The van der Waals surface area contributed by atoms with Gasteiger partial charge in [0.05, 0.1) is 22.9 Å². The number of alkyl halides is 2. The predicted octanol–water partition coefficient (Wildman–Crippen LogP) is 3.90. The number of hydrogen-bond donors (Lipinski definition) is 1. The Balaban J connectivity index is 1.73. The number of carbonyl (C=O) groups is 1. The van der Waals surface area contributed by atoms with Crippen molar-refractivity contribution in [3.8, 4) is 0 Å². The summed E-state index contributed by atoms with van der Waals surface area (Å²) in [7, 11) is 0. The lowest BCUT2D eigenvalue weighted by Gasteiger charge is -2.23. The first kappa shape index (κ1) is 18.2. The summed E-state index contributed by atoms with van der Waals surface area (Å²) in [5.74, 6) is -2.81. The number of pyridine rings is 1. The number of benzene rings is 1. The zero-order valence-corrected chi connectivity index (χ0v) is 15.1. The molecular weight excluding hydrogens is 364 g/mol. The quantitative estimate of drug-likeness (QED) is 0.743. The van der Waals surface area contributed by atoms with Gasteiger partial charge in [0.15, 0.2) is 11.5 Å². The van der Waals surface area contributed by atoms with Gasteiger partial charge in [-0.15, -0.1) is 0 Å². The van der Waals surface area contributed by atoms with Crippen LogP contribution in [0.25, 0.3) is 11.0 Å². The summed E-state index contributed by atoms with van der Waals surface area (Å²) in [6.45, 7) is 0.517. The standard InChI is InChI=1S/C20H19F2N5O/c21-20(22)8-4-11-27(12-9-20)18-17(19(28)24-14-5-3-10-23-13-14)25-15-6-1-2-7-16(15)26-18/h1-3,5-7,10,13H,4,8-9,11-12H2,(H,24,28). The van der Waals surface area contributed by atoms with Gasteiger partial charge < -0.3 is 10.2 Å². The van der Waals surface area contributed by atoms with Crippen LogP contribution in [0.4, 0.5) is 20.3 Å². The number of anilines is 2. The van der Waals surface area contributed by atoms with Gasteiger partial charge in [-0.25, -0.2) is 18.7 Å². The fraction of sp³-hybridized carbons (Fsp3) is 0.300. The van der Waals surface area contributed by atoms with Crippen LogP contribution in [-0.4, -0.2) is 39.9 Å². The molecule has 1 saturated heterocycles. The normalized spacial score (nSPS) is 16.6. The van der Waals surface area contributed by atoms with Gasteiger partial charge in [-0.3, -0.25) is 9.78 Å². The molecule has 0 radical (unpaired) electrons. The van der Waals surface area contributed by atoms with Crippen LogP contribution in [0.3, 0.4) is 0 Å². The van der Waals surface area contributed by atoms with E-state index in [4.69, 9.17) is 0 Å². The molecule has 3 aromatic rings. The number of amides is 1. The van der Waals surface area contributed by atoms with Crippen molar-refractivity contribution in [2.24, 2.45) is 0 Å². The van der Waals surface area contributed by atoms with Gasteiger partial charge in [-0.05, 0) is 30.7 Å². The Hall–Kier alpha value is -3.16. The van der Waals surface area contributed by atoms with Crippen LogP contribution in [0.5, 0.6) is 0 Å². The van der Waals surface area contributed by atoms with Gasteiger partial charge >= 0.3 is 0 Å². The molecule has 8 heteroatoms. The summed E-state index contributed by atoms with van der Waals surface area (Å²) in [6, 6.07) is 10.6. The van der Waals surface area contributed by atoms with Crippen LogP contribution < -0.4 is 10.2 Å². The molecule has 0 saturated carbocycles. The second kappa shape index (κ2) is 7.46. The molecule has 6 nitrogen and oxygen atoms in total. The smallest absolute Gasteiger partial charge is 0.278 e. The average Bonchev–Trinajstić information content (AvgIpc) is 2.88. The highest BCUT2D eigenvalue weighted by molar-refractivity contribution is 6.07. The molecule has 1 aromatic carbocycles. The van der Waals surface area contributed by atoms with E-state index in [0.29, 0.717) is 35.5 Å². The van der Waals surface area contributed by atoms with Crippen molar-refractivity contribution in [1.29, 1.82) is 0 Å². The SMILES string of the molecule is O=C(Nc1cccnc1)c1nc2ccccc2nc1N1CCCC(F)(F)CC1. The fourth-order valence-electron chi connectivity index (χ4n) is 3.27. The molecule has 0 unspecified atom stereocenters. The van der Waals surface area contributed by atoms with Gasteiger partial charge in [-0.2, -0.15) is 0 Å². The number of carbonyl (C=O) groups excluding carboxylic acids is 1. The number of para-hydroxylation sites is 2. The number of nitrogens with zero attached hydrogens (tertiary/aromatic N) is 4. The van der Waals surface area contributed by atoms with Crippen molar-refractivity contribution >= 4 is 28.4 Å². The molecule has 1 amide bonds. The lowest BCUT2D eigenvalue weighted by atomic mass is 10.1. The van der Waals surface area contributed by atoms with E-state index in [0.717, 1.165) is 0 Å². The van der Waals surface area contributed by atoms with Gasteiger partial charge in [0.25, 0.3) is 5.91 Å². The molecule has 0 bridgehead atoms. The van der Waals surface area contributed by atoms with Crippen LogP contribution in [0, 0.1) is 0 Å². The minimum absolute atomic E-state index is 0.118. The van der Waals surface area contributed by atoms with E-state index >= 15 is 0 Å². The Kier molecular flexibility index (Phi) is 4.85. The molecule has 28 heavy (non-hydrogen) atoms. The Labute approximate surface area is 160 Å². The van der Waals surface area contributed by atoms with Gasteiger partial charge in [-0.1, -0.05) is 12.1 Å². The third-order valence-electron chi connectivity index (χ3n) is 4.70. The van der Waals surface area contributed by atoms with Gasteiger partial charge in [0.2, 0.25) is 5.92 Å². The lowest BCUT2D eigenvalue weighted by molar-refractivity contribution is -0.0102. The molecule has 2 aromatic heterocycles. The first-order valence-corrected chi connectivity index (χ1v) is 9.13. The average molecular weight is 383 g/mol. The van der Waals surface area contributed by atoms with Gasteiger partial charge in [0.1, 0.15) is 0 Å². The molecule has 0 spiro atoms. The van der Waals surface area contributed by atoms with E-state index in [1.54, 1.807) is 35.4 Å². The number of fused-ring (bicyclic) bond motifs is 1. The zero-order valence-electron chi connectivity index (χ0n) is 15.1. The predicted molar refractivity (Wildman–Crippen MR) is 103 cm³/mol. The first-order valence-electron chi connectivity index (χ1n) is 9.13. The van der Waals surface area contributed by atoms with E-state index in [2.05, 4.69) is 20.3 Å². The highest BCUT2D eigenvalue weighted by atomic mass is 19.3. The third-order valence-corrected chi connectivity index (χ3v) is 4.70. The Morgan fingerprint density at radius 3 is 2.57 bits per heavy atom. The first-order chi connectivity index (χ1) is 13.5. The summed E-state index contributed by atoms with van der Waals surface area (Å²) in [5.41, 5.74) is 1.83. The highest BCUT2D eigenvalue weighted by Crippen LogP contribution is 2.31. The topological polar surface area (TPSA) is 71.0 Å². The molecule has 0 atom stereocenters. The molecular formula is C20H19F2N5O.